The summed E-state index contributed by atoms with van der Waals surface area (Å²) in [7, 11) is 0. The Balaban J connectivity index is 1.55. The van der Waals surface area contributed by atoms with Crippen molar-refractivity contribution in [1.82, 2.24) is 15.3 Å². The Hall–Kier alpha value is -2.11. The van der Waals surface area contributed by atoms with Gasteiger partial charge in [-0.3, -0.25) is 4.79 Å². The average molecular weight is 426 g/mol. The van der Waals surface area contributed by atoms with E-state index in [2.05, 4.69) is 5.32 Å². The highest BCUT2D eigenvalue weighted by atomic mass is 35.5. The van der Waals surface area contributed by atoms with Gasteiger partial charge in [0.1, 0.15) is 5.03 Å². The van der Waals surface area contributed by atoms with Crippen LogP contribution in [0.1, 0.15) is 38.5 Å². The van der Waals surface area contributed by atoms with Crippen LogP contribution in [0.15, 0.2) is 53.6 Å². The second-order valence-electron chi connectivity index (χ2n) is 7.42. The normalized spacial score (nSPS) is 15.2. The number of hydrogen-bond donors (Lipinski definition) is 1. The molecule has 0 atom stereocenters. The molecule has 4 rings (SSSR count). The SMILES string of the molecule is O=C(CSc1nc(-c2ccccc2)nc2ccc(Cl)cc12)NC1CCCCCC1. The van der Waals surface area contributed by atoms with Gasteiger partial charge in [-0.25, -0.2) is 9.97 Å². The number of carbonyl (C=O) groups excluding carboxylic acids is 1. The van der Waals surface area contributed by atoms with Gasteiger partial charge in [0.2, 0.25) is 5.91 Å². The molecule has 3 aromatic rings. The van der Waals surface area contributed by atoms with E-state index in [9.17, 15) is 4.79 Å². The maximum absolute atomic E-state index is 12.6. The number of fused-ring (bicyclic) bond motifs is 1. The van der Waals surface area contributed by atoms with Gasteiger partial charge < -0.3 is 5.32 Å². The van der Waals surface area contributed by atoms with Gasteiger partial charge in [-0.1, -0.05) is 79.4 Å². The van der Waals surface area contributed by atoms with E-state index < -0.39 is 0 Å². The highest BCUT2D eigenvalue weighted by Crippen LogP contribution is 2.30. The van der Waals surface area contributed by atoms with Crippen LogP contribution in [0.3, 0.4) is 0 Å². The Bertz CT molecular complexity index is 988. The first-order valence-electron chi connectivity index (χ1n) is 10.1. The fourth-order valence-electron chi connectivity index (χ4n) is 3.73. The molecule has 1 heterocycles. The van der Waals surface area contributed by atoms with Gasteiger partial charge in [0, 0.05) is 22.0 Å². The summed E-state index contributed by atoms with van der Waals surface area (Å²) in [6.45, 7) is 0. The minimum atomic E-state index is 0.0666. The maximum atomic E-state index is 12.6. The number of nitrogens with one attached hydrogen (secondary N) is 1. The molecule has 0 spiro atoms. The molecule has 29 heavy (non-hydrogen) atoms. The molecule has 1 aliphatic carbocycles. The predicted octanol–water partition coefficient (Wildman–Crippen LogP) is 5.88. The number of rotatable bonds is 5. The average Bonchev–Trinajstić information content (AvgIpc) is 3.01. The molecular weight excluding hydrogens is 402 g/mol. The highest BCUT2D eigenvalue weighted by molar-refractivity contribution is 8.00. The Kier molecular flexibility index (Phi) is 6.67. The number of aromatic nitrogens is 2. The molecule has 1 N–H and O–H groups in total. The summed E-state index contributed by atoms with van der Waals surface area (Å²) in [5.74, 6) is 1.06. The molecule has 0 radical (unpaired) electrons. The zero-order chi connectivity index (χ0) is 20.1. The van der Waals surface area contributed by atoms with Gasteiger partial charge in [0.05, 0.1) is 11.3 Å². The van der Waals surface area contributed by atoms with Crippen LogP contribution in [0.5, 0.6) is 0 Å². The zero-order valence-corrected chi connectivity index (χ0v) is 17.8. The molecule has 150 valence electrons. The van der Waals surface area contributed by atoms with Crippen LogP contribution in [0.25, 0.3) is 22.3 Å². The number of nitrogens with zero attached hydrogens (tertiary/aromatic N) is 2. The third-order valence-electron chi connectivity index (χ3n) is 5.22. The number of thioether (sulfide) groups is 1. The van der Waals surface area contributed by atoms with Gasteiger partial charge in [0.25, 0.3) is 0 Å². The largest absolute Gasteiger partial charge is 0.353 e. The van der Waals surface area contributed by atoms with E-state index in [-0.39, 0.29) is 5.91 Å². The van der Waals surface area contributed by atoms with E-state index in [1.54, 1.807) is 0 Å². The lowest BCUT2D eigenvalue weighted by Gasteiger charge is -2.16. The number of carbonyl (C=O) groups is 1. The Morgan fingerprint density at radius 3 is 2.55 bits per heavy atom. The quantitative estimate of drug-likeness (QED) is 0.315. The fourth-order valence-corrected chi connectivity index (χ4v) is 4.72. The van der Waals surface area contributed by atoms with Crippen LogP contribution in [-0.2, 0) is 4.79 Å². The molecule has 2 aromatic carbocycles. The van der Waals surface area contributed by atoms with E-state index in [0.717, 1.165) is 34.3 Å². The maximum Gasteiger partial charge on any atom is 0.230 e. The van der Waals surface area contributed by atoms with Crippen LogP contribution in [0, 0.1) is 0 Å². The second-order valence-corrected chi connectivity index (χ2v) is 8.83. The molecule has 0 unspecified atom stereocenters. The lowest BCUT2D eigenvalue weighted by atomic mass is 10.1. The van der Waals surface area contributed by atoms with Gasteiger partial charge >= 0.3 is 0 Å². The van der Waals surface area contributed by atoms with Crippen molar-refractivity contribution in [2.45, 2.75) is 49.6 Å². The minimum absolute atomic E-state index is 0.0666. The number of benzene rings is 2. The summed E-state index contributed by atoms with van der Waals surface area (Å²) in [6.07, 6.45) is 7.12. The monoisotopic (exact) mass is 425 g/mol. The number of halogens is 1. The lowest BCUT2D eigenvalue weighted by molar-refractivity contribution is -0.119. The molecule has 1 aromatic heterocycles. The fraction of sp³-hybridized carbons (Fsp3) is 0.348. The molecule has 0 bridgehead atoms. The first-order chi connectivity index (χ1) is 14.2. The lowest BCUT2D eigenvalue weighted by Crippen LogP contribution is -2.35. The topological polar surface area (TPSA) is 54.9 Å². The van der Waals surface area contributed by atoms with Crippen LogP contribution in [-0.4, -0.2) is 27.7 Å². The van der Waals surface area contributed by atoms with Gasteiger partial charge in [0.15, 0.2) is 5.82 Å². The van der Waals surface area contributed by atoms with Gasteiger partial charge in [-0.15, -0.1) is 0 Å². The smallest absolute Gasteiger partial charge is 0.230 e. The summed E-state index contributed by atoms with van der Waals surface area (Å²) in [4.78, 5) is 22.0. The predicted molar refractivity (Wildman–Crippen MR) is 120 cm³/mol. The van der Waals surface area contributed by atoms with Crippen LogP contribution < -0.4 is 5.32 Å². The summed E-state index contributed by atoms with van der Waals surface area (Å²) in [5, 5.41) is 5.51. The van der Waals surface area contributed by atoms with Crippen LogP contribution in [0.2, 0.25) is 5.02 Å². The van der Waals surface area contributed by atoms with Crippen molar-refractivity contribution >= 4 is 40.2 Å². The molecule has 0 aliphatic heterocycles. The van der Waals surface area contributed by atoms with Gasteiger partial charge in [-0.05, 0) is 31.0 Å². The molecule has 6 heteroatoms. The summed E-state index contributed by atoms with van der Waals surface area (Å²) < 4.78 is 0. The molecular formula is C23H24ClN3OS. The second kappa shape index (κ2) is 9.59. The Labute approximate surface area is 180 Å². The van der Waals surface area contributed by atoms with E-state index in [1.165, 1.54) is 37.4 Å². The third-order valence-corrected chi connectivity index (χ3v) is 6.44. The van der Waals surface area contributed by atoms with E-state index in [0.29, 0.717) is 22.6 Å². The van der Waals surface area contributed by atoms with Crippen molar-refractivity contribution in [3.05, 3.63) is 53.6 Å². The number of amides is 1. The van der Waals surface area contributed by atoms with Crippen molar-refractivity contribution in [2.24, 2.45) is 0 Å². The van der Waals surface area contributed by atoms with Crippen molar-refractivity contribution in [2.75, 3.05) is 5.75 Å². The van der Waals surface area contributed by atoms with Gasteiger partial charge in [-0.2, -0.15) is 0 Å². The summed E-state index contributed by atoms with van der Waals surface area (Å²) >= 11 is 7.66. The molecule has 4 nitrogen and oxygen atoms in total. The Morgan fingerprint density at radius 1 is 1.03 bits per heavy atom. The van der Waals surface area contributed by atoms with E-state index in [1.807, 2.05) is 48.5 Å². The molecule has 1 saturated carbocycles. The van der Waals surface area contributed by atoms with E-state index >= 15 is 0 Å². The zero-order valence-electron chi connectivity index (χ0n) is 16.2. The van der Waals surface area contributed by atoms with Crippen molar-refractivity contribution in [3.63, 3.8) is 0 Å². The van der Waals surface area contributed by atoms with Crippen molar-refractivity contribution in [1.29, 1.82) is 0 Å². The standard InChI is InChI=1S/C23H24ClN3OS/c24-17-12-13-20-19(14-17)23(27-22(26-20)16-8-4-3-5-9-16)29-15-21(28)25-18-10-6-1-2-7-11-18/h3-5,8-9,12-14,18H,1-2,6-7,10-11,15H2,(H,25,28). The molecule has 1 amide bonds. The number of hydrogen-bond acceptors (Lipinski definition) is 4. The highest BCUT2D eigenvalue weighted by Gasteiger charge is 2.16. The minimum Gasteiger partial charge on any atom is -0.353 e. The Morgan fingerprint density at radius 2 is 1.79 bits per heavy atom. The van der Waals surface area contributed by atoms with Crippen molar-refractivity contribution < 1.29 is 4.79 Å². The van der Waals surface area contributed by atoms with Crippen LogP contribution >= 0.6 is 23.4 Å². The third kappa shape index (κ3) is 5.28. The van der Waals surface area contributed by atoms with E-state index in [4.69, 9.17) is 21.6 Å². The first-order valence-corrected chi connectivity index (χ1v) is 11.5. The van der Waals surface area contributed by atoms with Crippen molar-refractivity contribution in [3.8, 4) is 11.4 Å². The molecule has 1 fully saturated rings. The molecule has 0 saturated heterocycles. The molecule has 1 aliphatic rings. The summed E-state index contributed by atoms with van der Waals surface area (Å²) in [5.41, 5.74) is 1.78. The first kappa shape index (κ1) is 20.2. The van der Waals surface area contributed by atoms with Crippen LogP contribution in [0.4, 0.5) is 0 Å². The summed E-state index contributed by atoms with van der Waals surface area (Å²) in [6, 6.07) is 15.8.